The first-order valence-electron chi connectivity index (χ1n) is 6.62. The van der Waals surface area contributed by atoms with Crippen molar-refractivity contribution in [2.45, 2.75) is 44.7 Å². The standard InChI is InChI=1S/C13H21NO4/c1-9(10-5-7-18-8-6-10)14-11(13(16)17-2)3-4-12(14)15/h9-11H,3-8H2,1-2H3. The summed E-state index contributed by atoms with van der Waals surface area (Å²) in [4.78, 5) is 25.4. The molecule has 0 radical (unpaired) electrons. The van der Waals surface area contributed by atoms with Gasteiger partial charge in [-0.3, -0.25) is 4.79 Å². The second kappa shape index (κ2) is 5.69. The van der Waals surface area contributed by atoms with Crippen molar-refractivity contribution in [3.05, 3.63) is 0 Å². The van der Waals surface area contributed by atoms with Gasteiger partial charge in [0.2, 0.25) is 5.91 Å². The summed E-state index contributed by atoms with van der Waals surface area (Å²) in [6.07, 6.45) is 2.95. The molecule has 0 N–H and O–H groups in total. The van der Waals surface area contributed by atoms with Crippen molar-refractivity contribution in [2.75, 3.05) is 20.3 Å². The van der Waals surface area contributed by atoms with Crippen LogP contribution in [0.15, 0.2) is 0 Å². The number of ether oxygens (including phenoxy) is 2. The van der Waals surface area contributed by atoms with Gasteiger partial charge in [-0.15, -0.1) is 0 Å². The number of rotatable bonds is 3. The third-order valence-electron chi connectivity index (χ3n) is 4.12. The van der Waals surface area contributed by atoms with Crippen LogP contribution in [-0.2, 0) is 19.1 Å². The highest BCUT2D eigenvalue weighted by molar-refractivity contribution is 5.88. The Bertz CT molecular complexity index is 325. The number of nitrogens with zero attached hydrogens (tertiary/aromatic N) is 1. The molecule has 5 heteroatoms. The van der Waals surface area contributed by atoms with Crippen LogP contribution in [0.4, 0.5) is 0 Å². The van der Waals surface area contributed by atoms with Crippen LogP contribution < -0.4 is 0 Å². The third kappa shape index (κ3) is 2.51. The van der Waals surface area contributed by atoms with Crippen LogP contribution in [0, 0.1) is 5.92 Å². The molecular formula is C13H21NO4. The van der Waals surface area contributed by atoms with Crippen LogP contribution in [0.5, 0.6) is 0 Å². The lowest BCUT2D eigenvalue weighted by Crippen LogP contribution is -2.48. The van der Waals surface area contributed by atoms with Gasteiger partial charge in [0.05, 0.1) is 7.11 Å². The first kappa shape index (κ1) is 13.3. The quantitative estimate of drug-likeness (QED) is 0.705. The number of esters is 1. The number of likely N-dealkylation sites (tertiary alicyclic amines) is 1. The average molecular weight is 255 g/mol. The maximum absolute atomic E-state index is 12.0. The molecule has 2 aliphatic rings. The third-order valence-corrected chi connectivity index (χ3v) is 4.12. The van der Waals surface area contributed by atoms with Crippen molar-refractivity contribution in [3.63, 3.8) is 0 Å². The van der Waals surface area contributed by atoms with Crippen LogP contribution >= 0.6 is 0 Å². The summed E-state index contributed by atoms with van der Waals surface area (Å²) in [6, 6.07) is -0.298. The molecular weight excluding hydrogens is 234 g/mol. The minimum Gasteiger partial charge on any atom is -0.467 e. The van der Waals surface area contributed by atoms with Crippen LogP contribution in [0.25, 0.3) is 0 Å². The molecule has 0 bridgehead atoms. The molecule has 0 saturated carbocycles. The number of hydrogen-bond acceptors (Lipinski definition) is 4. The fraction of sp³-hybridized carbons (Fsp3) is 0.846. The maximum Gasteiger partial charge on any atom is 0.328 e. The molecule has 2 rings (SSSR count). The Morgan fingerprint density at radius 2 is 2.06 bits per heavy atom. The first-order valence-corrected chi connectivity index (χ1v) is 6.62. The number of carbonyl (C=O) groups excluding carboxylic acids is 2. The van der Waals surface area contributed by atoms with Gasteiger partial charge in [-0.05, 0) is 32.1 Å². The summed E-state index contributed by atoms with van der Waals surface area (Å²) in [6.45, 7) is 3.54. The Morgan fingerprint density at radius 1 is 1.39 bits per heavy atom. The van der Waals surface area contributed by atoms with Crippen molar-refractivity contribution in [2.24, 2.45) is 5.92 Å². The Balaban J connectivity index is 2.07. The topological polar surface area (TPSA) is 55.8 Å². The van der Waals surface area contributed by atoms with Gasteiger partial charge in [0.15, 0.2) is 0 Å². The summed E-state index contributed by atoms with van der Waals surface area (Å²) >= 11 is 0. The summed E-state index contributed by atoms with van der Waals surface area (Å²) in [7, 11) is 1.38. The lowest BCUT2D eigenvalue weighted by atomic mass is 9.91. The van der Waals surface area contributed by atoms with E-state index in [1.165, 1.54) is 7.11 Å². The molecule has 1 amide bonds. The van der Waals surface area contributed by atoms with E-state index in [1.54, 1.807) is 4.90 Å². The van der Waals surface area contributed by atoms with Gasteiger partial charge in [0, 0.05) is 25.7 Å². The van der Waals surface area contributed by atoms with Gasteiger partial charge >= 0.3 is 5.97 Å². The number of methoxy groups -OCH3 is 1. The van der Waals surface area contributed by atoms with Crippen molar-refractivity contribution in [1.29, 1.82) is 0 Å². The number of carbonyl (C=O) groups is 2. The van der Waals surface area contributed by atoms with Crippen LogP contribution in [-0.4, -0.2) is 49.2 Å². The lowest BCUT2D eigenvalue weighted by Gasteiger charge is -2.36. The molecule has 2 fully saturated rings. The van der Waals surface area contributed by atoms with E-state index in [1.807, 2.05) is 6.92 Å². The van der Waals surface area contributed by atoms with E-state index in [0.29, 0.717) is 18.8 Å². The van der Waals surface area contributed by atoms with Crippen molar-refractivity contribution in [1.82, 2.24) is 4.90 Å². The Morgan fingerprint density at radius 3 is 2.67 bits per heavy atom. The smallest absolute Gasteiger partial charge is 0.328 e. The molecule has 2 heterocycles. The molecule has 2 aliphatic heterocycles. The minimum absolute atomic E-state index is 0.0735. The molecule has 0 aromatic heterocycles. The highest BCUT2D eigenvalue weighted by Gasteiger charge is 2.41. The van der Waals surface area contributed by atoms with E-state index in [4.69, 9.17) is 9.47 Å². The fourth-order valence-corrected chi connectivity index (χ4v) is 3.01. The van der Waals surface area contributed by atoms with Gasteiger partial charge in [-0.1, -0.05) is 0 Å². The molecule has 102 valence electrons. The average Bonchev–Trinajstić information content (AvgIpc) is 2.80. The van der Waals surface area contributed by atoms with E-state index < -0.39 is 0 Å². The van der Waals surface area contributed by atoms with Gasteiger partial charge < -0.3 is 14.4 Å². The molecule has 0 aromatic rings. The van der Waals surface area contributed by atoms with E-state index >= 15 is 0 Å². The lowest BCUT2D eigenvalue weighted by molar-refractivity contribution is -0.151. The zero-order valence-corrected chi connectivity index (χ0v) is 11.1. The summed E-state index contributed by atoms with van der Waals surface area (Å²) < 4.78 is 10.1. The minimum atomic E-state index is -0.389. The predicted molar refractivity (Wildman–Crippen MR) is 64.9 cm³/mol. The number of amides is 1. The zero-order valence-electron chi connectivity index (χ0n) is 11.1. The highest BCUT2D eigenvalue weighted by Crippen LogP contribution is 2.29. The van der Waals surface area contributed by atoms with E-state index in [9.17, 15) is 9.59 Å². The maximum atomic E-state index is 12.0. The van der Waals surface area contributed by atoms with Crippen LogP contribution in [0.1, 0.15) is 32.6 Å². The molecule has 0 aliphatic carbocycles. The fourth-order valence-electron chi connectivity index (χ4n) is 3.01. The summed E-state index contributed by atoms with van der Waals surface area (Å²) in [5, 5.41) is 0. The Hall–Kier alpha value is -1.10. The largest absolute Gasteiger partial charge is 0.467 e. The van der Waals surface area contributed by atoms with Crippen molar-refractivity contribution in [3.8, 4) is 0 Å². The highest BCUT2D eigenvalue weighted by atomic mass is 16.5. The molecule has 5 nitrogen and oxygen atoms in total. The van der Waals surface area contributed by atoms with E-state index in [-0.39, 0.29) is 24.0 Å². The predicted octanol–water partition coefficient (Wildman–Crippen LogP) is 0.965. The van der Waals surface area contributed by atoms with Crippen molar-refractivity contribution >= 4 is 11.9 Å². The van der Waals surface area contributed by atoms with Crippen LogP contribution in [0.3, 0.4) is 0 Å². The second-order valence-corrected chi connectivity index (χ2v) is 5.07. The second-order valence-electron chi connectivity index (χ2n) is 5.07. The Kier molecular flexibility index (Phi) is 4.22. The molecule has 18 heavy (non-hydrogen) atoms. The molecule has 2 unspecified atom stereocenters. The zero-order chi connectivity index (χ0) is 13.1. The first-order chi connectivity index (χ1) is 8.65. The van der Waals surface area contributed by atoms with Gasteiger partial charge in [0.25, 0.3) is 0 Å². The van der Waals surface area contributed by atoms with Gasteiger partial charge in [-0.2, -0.15) is 0 Å². The van der Waals surface area contributed by atoms with Gasteiger partial charge in [0.1, 0.15) is 6.04 Å². The van der Waals surface area contributed by atoms with E-state index in [2.05, 4.69) is 0 Å². The molecule has 0 spiro atoms. The van der Waals surface area contributed by atoms with Gasteiger partial charge in [-0.25, -0.2) is 4.79 Å². The van der Waals surface area contributed by atoms with Crippen LogP contribution in [0.2, 0.25) is 0 Å². The van der Waals surface area contributed by atoms with Crippen molar-refractivity contribution < 1.29 is 19.1 Å². The Labute approximate surface area is 107 Å². The normalized spacial score (nSPS) is 27.3. The SMILES string of the molecule is COC(=O)C1CCC(=O)N1C(C)C1CCOCC1. The van der Waals surface area contributed by atoms with E-state index in [0.717, 1.165) is 26.1 Å². The molecule has 0 aromatic carbocycles. The molecule has 2 atom stereocenters. The molecule has 2 saturated heterocycles. The summed E-state index contributed by atoms with van der Waals surface area (Å²) in [5.41, 5.74) is 0. The monoisotopic (exact) mass is 255 g/mol. The number of hydrogen-bond donors (Lipinski definition) is 0. The summed E-state index contributed by atoms with van der Waals surface area (Å²) in [5.74, 6) is 0.206.